The second-order valence-electron chi connectivity index (χ2n) is 6.61. The van der Waals surface area contributed by atoms with Crippen molar-refractivity contribution in [1.82, 2.24) is 9.80 Å². The highest BCUT2D eigenvalue weighted by atomic mass is 16.3. The number of carbonyl (C=O) groups excluding carboxylic acids is 1. The van der Waals surface area contributed by atoms with Gasteiger partial charge in [-0.25, -0.2) is 0 Å². The van der Waals surface area contributed by atoms with Gasteiger partial charge in [0.1, 0.15) is 0 Å². The molecule has 5 heteroatoms. The topological polar surface area (TPSA) is 47.0 Å². The number of aliphatic hydroxyl groups is 1. The highest BCUT2D eigenvalue weighted by Crippen LogP contribution is 2.18. The number of piperazine rings is 1. The van der Waals surface area contributed by atoms with Crippen molar-refractivity contribution in [2.45, 2.75) is 31.9 Å². The first-order valence-corrected chi connectivity index (χ1v) is 8.66. The average Bonchev–Trinajstić information content (AvgIpc) is 2.61. The minimum absolute atomic E-state index is 0.131. The predicted octanol–water partition coefficient (Wildman–Crippen LogP) is 1.18. The van der Waals surface area contributed by atoms with Gasteiger partial charge in [0.15, 0.2) is 0 Å². The zero-order chi connectivity index (χ0) is 16.2. The second-order valence-corrected chi connectivity index (χ2v) is 6.61. The Hall–Kier alpha value is -1.59. The highest BCUT2D eigenvalue weighted by molar-refractivity contribution is 5.81. The van der Waals surface area contributed by atoms with Crippen molar-refractivity contribution in [3.63, 3.8) is 0 Å². The number of β-amino-alcohol motifs (C(OH)–C–C–N with tert-alkyl or cyclic N) is 1. The van der Waals surface area contributed by atoms with Gasteiger partial charge < -0.3 is 14.9 Å². The quantitative estimate of drug-likeness (QED) is 0.909. The van der Waals surface area contributed by atoms with E-state index in [1.54, 1.807) is 0 Å². The summed E-state index contributed by atoms with van der Waals surface area (Å²) >= 11 is 0. The summed E-state index contributed by atoms with van der Waals surface area (Å²) in [6, 6.07) is 10.2. The number of anilines is 1. The molecule has 0 spiro atoms. The summed E-state index contributed by atoms with van der Waals surface area (Å²) in [4.78, 5) is 19.2. The largest absolute Gasteiger partial charge is 0.392 e. The summed E-state index contributed by atoms with van der Waals surface area (Å²) in [5.41, 5.74) is 1.23. The van der Waals surface area contributed by atoms with E-state index in [2.05, 4.69) is 34.1 Å². The summed E-state index contributed by atoms with van der Waals surface area (Å²) in [5.74, 6) is 0.201. The molecule has 1 aromatic carbocycles. The molecule has 1 amide bonds. The smallest absolute Gasteiger partial charge is 0.239 e. The number of nitrogens with zero attached hydrogens (tertiary/aromatic N) is 3. The molecule has 126 valence electrons. The van der Waals surface area contributed by atoms with Crippen molar-refractivity contribution in [2.75, 3.05) is 44.2 Å². The fourth-order valence-electron chi connectivity index (χ4n) is 3.58. The molecule has 2 atom stereocenters. The normalized spacial score (nSPS) is 24.5. The number of piperidine rings is 1. The van der Waals surface area contributed by atoms with Crippen LogP contribution in [0, 0.1) is 0 Å². The molecule has 0 unspecified atom stereocenters. The third kappa shape index (κ3) is 3.85. The van der Waals surface area contributed by atoms with Crippen molar-refractivity contribution in [3.8, 4) is 0 Å². The Morgan fingerprint density at radius 3 is 2.48 bits per heavy atom. The van der Waals surface area contributed by atoms with Gasteiger partial charge in [-0.3, -0.25) is 9.69 Å². The minimum atomic E-state index is -0.283. The summed E-state index contributed by atoms with van der Waals surface area (Å²) in [6.07, 6.45) is 1.54. The highest BCUT2D eigenvalue weighted by Gasteiger charge is 2.30. The summed E-state index contributed by atoms with van der Waals surface area (Å²) in [5, 5.41) is 9.81. The lowest BCUT2D eigenvalue weighted by atomic mass is 10.1. The Kier molecular flexibility index (Phi) is 5.18. The first kappa shape index (κ1) is 16.3. The summed E-state index contributed by atoms with van der Waals surface area (Å²) in [7, 11) is 0. The molecule has 2 aliphatic rings. The second kappa shape index (κ2) is 7.32. The van der Waals surface area contributed by atoms with Crippen LogP contribution in [0.1, 0.15) is 19.8 Å². The van der Waals surface area contributed by atoms with E-state index in [1.807, 2.05) is 17.9 Å². The van der Waals surface area contributed by atoms with Crippen LogP contribution in [0.25, 0.3) is 0 Å². The van der Waals surface area contributed by atoms with E-state index >= 15 is 0 Å². The van der Waals surface area contributed by atoms with E-state index in [4.69, 9.17) is 0 Å². The van der Waals surface area contributed by atoms with Gasteiger partial charge in [-0.1, -0.05) is 18.2 Å². The third-order valence-electron chi connectivity index (χ3n) is 5.05. The molecule has 0 aliphatic carbocycles. The first-order chi connectivity index (χ1) is 11.1. The number of amides is 1. The number of benzene rings is 1. The Morgan fingerprint density at radius 2 is 1.83 bits per heavy atom. The lowest BCUT2D eigenvalue weighted by molar-refractivity contribution is -0.137. The maximum atomic E-state index is 12.7. The van der Waals surface area contributed by atoms with Crippen LogP contribution in [-0.2, 0) is 4.79 Å². The molecular formula is C18H27N3O2. The van der Waals surface area contributed by atoms with E-state index in [1.165, 1.54) is 5.69 Å². The molecule has 0 aromatic heterocycles. The molecule has 2 fully saturated rings. The van der Waals surface area contributed by atoms with Crippen molar-refractivity contribution in [1.29, 1.82) is 0 Å². The maximum Gasteiger partial charge on any atom is 0.239 e. The molecule has 5 nitrogen and oxygen atoms in total. The molecule has 2 aliphatic heterocycles. The van der Waals surface area contributed by atoms with E-state index in [-0.39, 0.29) is 18.1 Å². The number of aliphatic hydroxyl groups excluding tert-OH is 1. The molecule has 1 aromatic rings. The molecule has 2 saturated heterocycles. The predicted molar refractivity (Wildman–Crippen MR) is 91.5 cm³/mol. The van der Waals surface area contributed by atoms with Crippen molar-refractivity contribution >= 4 is 11.6 Å². The average molecular weight is 317 g/mol. The Morgan fingerprint density at radius 1 is 1.13 bits per heavy atom. The van der Waals surface area contributed by atoms with Gasteiger partial charge in [0, 0.05) is 38.4 Å². The third-order valence-corrected chi connectivity index (χ3v) is 5.05. The SMILES string of the molecule is C[C@H](C(=O)N1CCN(c2ccccc2)CC1)N1CCC[C@@H](O)C1. The molecule has 0 bridgehead atoms. The number of carbonyl (C=O) groups is 1. The van der Waals surface area contributed by atoms with E-state index in [0.717, 1.165) is 45.6 Å². The van der Waals surface area contributed by atoms with Crippen LogP contribution in [0.2, 0.25) is 0 Å². The van der Waals surface area contributed by atoms with Crippen LogP contribution in [-0.4, -0.2) is 72.2 Å². The monoisotopic (exact) mass is 317 g/mol. The Bertz CT molecular complexity index is 514. The molecule has 2 heterocycles. The van der Waals surface area contributed by atoms with Crippen LogP contribution in [0.15, 0.2) is 30.3 Å². The van der Waals surface area contributed by atoms with Crippen molar-refractivity contribution in [3.05, 3.63) is 30.3 Å². The lowest BCUT2D eigenvalue weighted by Crippen LogP contribution is -2.56. The van der Waals surface area contributed by atoms with Crippen LogP contribution in [0.4, 0.5) is 5.69 Å². The fraction of sp³-hybridized carbons (Fsp3) is 0.611. The molecule has 1 N–H and O–H groups in total. The molecule has 3 rings (SSSR count). The molecule has 0 saturated carbocycles. The van der Waals surface area contributed by atoms with Crippen LogP contribution in [0.3, 0.4) is 0 Å². The van der Waals surface area contributed by atoms with Gasteiger partial charge in [-0.15, -0.1) is 0 Å². The van der Waals surface area contributed by atoms with E-state index in [9.17, 15) is 9.90 Å². The van der Waals surface area contributed by atoms with E-state index in [0.29, 0.717) is 6.54 Å². The summed E-state index contributed by atoms with van der Waals surface area (Å²) < 4.78 is 0. The molecular weight excluding hydrogens is 290 g/mol. The van der Waals surface area contributed by atoms with Gasteiger partial charge in [0.05, 0.1) is 12.1 Å². The van der Waals surface area contributed by atoms with Crippen LogP contribution in [0.5, 0.6) is 0 Å². The zero-order valence-corrected chi connectivity index (χ0v) is 13.9. The Balaban J connectivity index is 1.53. The van der Waals surface area contributed by atoms with Gasteiger partial charge in [0.2, 0.25) is 5.91 Å². The fourth-order valence-corrected chi connectivity index (χ4v) is 3.58. The number of rotatable bonds is 3. The van der Waals surface area contributed by atoms with Gasteiger partial charge in [-0.2, -0.15) is 0 Å². The maximum absolute atomic E-state index is 12.7. The van der Waals surface area contributed by atoms with Crippen molar-refractivity contribution in [2.24, 2.45) is 0 Å². The summed E-state index contributed by atoms with van der Waals surface area (Å²) in [6.45, 7) is 6.81. The van der Waals surface area contributed by atoms with Gasteiger partial charge >= 0.3 is 0 Å². The van der Waals surface area contributed by atoms with Gasteiger partial charge in [0.25, 0.3) is 0 Å². The van der Waals surface area contributed by atoms with Crippen molar-refractivity contribution < 1.29 is 9.90 Å². The number of para-hydroxylation sites is 1. The van der Waals surface area contributed by atoms with Crippen LogP contribution >= 0.6 is 0 Å². The Labute approximate surface area is 138 Å². The van der Waals surface area contributed by atoms with E-state index < -0.39 is 0 Å². The minimum Gasteiger partial charge on any atom is -0.392 e. The standard InChI is InChI=1S/C18H27N3O2/c1-15(21-9-5-8-17(22)14-21)18(23)20-12-10-19(11-13-20)16-6-3-2-4-7-16/h2-4,6-7,15,17,22H,5,8-14H2,1H3/t15-,17-/m1/s1. The number of likely N-dealkylation sites (tertiary alicyclic amines) is 1. The lowest BCUT2D eigenvalue weighted by Gasteiger charge is -2.40. The number of hydrogen-bond acceptors (Lipinski definition) is 4. The molecule has 0 radical (unpaired) electrons. The van der Waals surface area contributed by atoms with Crippen LogP contribution < -0.4 is 4.90 Å². The first-order valence-electron chi connectivity index (χ1n) is 8.66. The zero-order valence-electron chi connectivity index (χ0n) is 13.9. The van der Waals surface area contributed by atoms with Gasteiger partial charge in [-0.05, 0) is 38.4 Å². The molecule has 23 heavy (non-hydrogen) atoms. The number of hydrogen-bond donors (Lipinski definition) is 1.